The van der Waals surface area contributed by atoms with Gasteiger partial charge in [-0.3, -0.25) is 9.79 Å². The Morgan fingerprint density at radius 2 is 2.18 bits per heavy atom. The third-order valence-corrected chi connectivity index (χ3v) is 7.24. The Kier molecular flexibility index (Phi) is 6.22. The first-order valence-electron chi connectivity index (χ1n) is 10.4. The number of fused-ring (bicyclic) bond motifs is 1. The number of nitrogens with zero attached hydrogens (tertiary/aromatic N) is 3. The number of hydrogen-bond acceptors (Lipinski definition) is 8. The van der Waals surface area contributed by atoms with E-state index >= 15 is 0 Å². The number of nitrogens with two attached hydrogens (primary N) is 1. The minimum absolute atomic E-state index is 0.00660. The average Bonchev–Trinajstić information content (AvgIpc) is 3.51. The summed E-state index contributed by atoms with van der Waals surface area (Å²) in [6, 6.07) is 2.28. The maximum Gasteiger partial charge on any atom is 0.275 e. The number of thioether (sulfide) groups is 1. The fourth-order valence-corrected chi connectivity index (χ4v) is 5.71. The molecule has 1 amide bonds. The smallest absolute Gasteiger partial charge is 0.275 e. The topological polar surface area (TPSA) is 112 Å². The monoisotopic (exact) mass is 487 g/mol. The van der Waals surface area contributed by atoms with Crippen molar-refractivity contribution in [2.24, 2.45) is 16.6 Å². The Labute approximate surface area is 199 Å². The van der Waals surface area contributed by atoms with Crippen molar-refractivity contribution in [3.05, 3.63) is 47.4 Å². The maximum atomic E-state index is 15.0. The lowest BCUT2D eigenvalue weighted by Crippen LogP contribution is -2.38. The SMILES string of the molecule is C#C[C@H](C)Oc1cnc(C(=O)Nc2cc(F)c(F)c([C@]3(C)N=C(N)S[C@@]4(COC)C[C@H]43)c2)cn1. The first kappa shape index (κ1) is 23.9. The van der Waals surface area contributed by atoms with Gasteiger partial charge in [0.05, 0.1) is 29.3 Å². The van der Waals surface area contributed by atoms with Crippen LogP contribution in [0.25, 0.3) is 0 Å². The van der Waals surface area contributed by atoms with E-state index in [1.807, 2.05) is 0 Å². The number of benzene rings is 1. The molecule has 0 unspecified atom stereocenters. The van der Waals surface area contributed by atoms with Crippen LogP contribution < -0.4 is 15.8 Å². The van der Waals surface area contributed by atoms with E-state index in [1.54, 1.807) is 21.0 Å². The number of rotatable bonds is 7. The van der Waals surface area contributed by atoms with Crippen molar-refractivity contribution in [1.29, 1.82) is 0 Å². The highest BCUT2D eigenvalue weighted by Crippen LogP contribution is 2.66. The molecule has 4 rings (SSSR count). The van der Waals surface area contributed by atoms with Crippen molar-refractivity contribution in [3.63, 3.8) is 0 Å². The first-order chi connectivity index (χ1) is 16.1. The quantitative estimate of drug-likeness (QED) is 0.577. The molecule has 2 heterocycles. The zero-order valence-electron chi connectivity index (χ0n) is 18.8. The number of nitrogens with one attached hydrogen (secondary N) is 1. The molecule has 2 aliphatic rings. The lowest BCUT2D eigenvalue weighted by atomic mass is 9.85. The molecule has 1 aromatic heterocycles. The van der Waals surface area contributed by atoms with Crippen LogP contribution in [-0.4, -0.2) is 45.6 Å². The molecular formula is C23H23F2N5O3S. The number of carbonyl (C=O) groups is 1. The number of amides is 1. The molecular weight excluding hydrogens is 464 g/mol. The van der Waals surface area contributed by atoms with Crippen LogP contribution in [0.2, 0.25) is 0 Å². The van der Waals surface area contributed by atoms with Crippen molar-refractivity contribution in [3.8, 4) is 18.2 Å². The van der Waals surface area contributed by atoms with Crippen LogP contribution in [0.15, 0.2) is 29.5 Å². The summed E-state index contributed by atoms with van der Waals surface area (Å²) in [6.07, 6.45) is 7.88. The average molecular weight is 488 g/mol. The van der Waals surface area contributed by atoms with Crippen LogP contribution in [0.1, 0.15) is 36.3 Å². The van der Waals surface area contributed by atoms with Crippen molar-refractivity contribution < 1.29 is 23.0 Å². The van der Waals surface area contributed by atoms with Crippen molar-refractivity contribution in [2.45, 2.75) is 36.7 Å². The fraction of sp³-hybridized carbons (Fsp3) is 0.391. The second-order valence-electron chi connectivity index (χ2n) is 8.39. The number of aliphatic imine (C=N–C) groups is 1. The van der Waals surface area contributed by atoms with Crippen LogP contribution >= 0.6 is 11.8 Å². The number of carbonyl (C=O) groups excluding carboxylic acids is 1. The fourth-order valence-electron chi connectivity index (χ4n) is 4.26. The summed E-state index contributed by atoms with van der Waals surface area (Å²) in [4.78, 5) is 25.1. The Hall–Kier alpha value is -3.23. The first-order valence-corrected chi connectivity index (χ1v) is 11.2. The van der Waals surface area contributed by atoms with E-state index in [0.29, 0.717) is 13.0 Å². The van der Waals surface area contributed by atoms with Gasteiger partial charge in [-0.1, -0.05) is 17.7 Å². The summed E-state index contributed by atoms with van der Waals surface area (Å²) < 4.78 is 39.9. The number of anilines is 1. The molecule has 1 aliphatic carbocycles. The molecule has 2 aromatic rings. The number of halogens is 2. The normalized spacial score (nSPS) is 26.0. The lowest BCUT2D eigenvalue weighted by Gasteiger charge is -2.34. The van der Waals surface area contributed by atoms with Gasteiger partial charge in [-0.05, 0) is 26.3 Å². The van der Waals surface area contributed by atoms with Gasteiger partial charge in [0.15, 0.2) is 22.9 Å². The molecule has 1 aromatic carbocycles. The van der Waals surface area contributed by atoms with E-state index in [0.717, 1.165) is 6.07 Å². The predicted octanol–water partition coefficient (Wildman–Crippen LogP) is 3.09. The molecule has 1 saturated carbocycles. The molecule has 4 atom stereocenters. The summed E-state index contributed by atoms with van der Waals surface area (Å²) in [5.41, 5.74) is 4.94. The molecule has 0 bridgehead atoms. The molecule has 0 radical (unpaired) electrons. The molecule has 0 spiro atoms. The van der Waals surface area contributed by atoms with Crippen LogP contribution in [0.3, 0.4) is 0 Å². The second-order valence-corrected chi connectivity index (χ2v) is 9.83. The summed E-state index contributed by atoms with van der Waals surface area (Å²) in [6.45, 7) is 3.78. The van der Waals surface area contributed by atoms with Gasteiger partial charge in [0.25, 0.3) is 5.91 Å². The van der Waals surface area contributed by atoms with Crippen LogP contribution in [-0.2, 0) is 10.3 Å². The van der Waals surface area contributed by atoms with Crippen molar-refractivity contribution >= 4 is 28.5 Å². The van der Waals surface area contributed by atoms with Gasteiger partial charge in [0.2, 0.25) is 5.88 Å². The standard InChI is InChI=1S/C23H23F2N5O3S/c1-5-12(2)33-18-10-27-16(9-28-18)20(31)29-13-6-14(19(25)15(24)7-13)22(3)17-8-23(17,11-32-4)34-21(26)30-22/h1,6-7,9-10,12,17H,8,11H2,2-4H3,(H2,26,30)(H,29,31)/t12-,17-,22-,23+/m0/s1. The minimum atomic E-state index is -1.12. The zero-order chi connectivity index (χ0) is 24.7. The van der Waals surface area contributed by atoms with Crippen LogP contribution in [0.5, 0.6) is 5.88 Å². The number of ether oxygens (including phenoxy) is 2. The van der Waals surface area contributed by atoms with Crippen LogP contribution in [0, 0.1) is 29.9 Å². The molecule has 0 saturated heterocycles. The highest BCUT2D eigenvalue weighted by atomic mass is 32.2. The number of hydrogen-bond donors (Lipinski definition) is 2. The summed E-state index contributed by atoms with van der Waals surface area (Å²) in [5, 5.41) is 2.81. The predicted molar refractivity (Wildman–Crippen MR) is 125 cm³/mol. The molecule has 1 aliphatic heterocycles. The van der Waals surface area contributed by atoms with Gasteiger partial charge in [-0.15, -0.1) is 6.42 Å². The maximum absolute atomic E-state index is 15.0. The highest BCUT2D eigenvalue weighted by molar-refractivity contribution is 8.15. The summed E-state index contributed by atoms with van der Waals surface area (Å²) in [7, 11) is 1.58. The largest absolute Gasteiger partial charge is 0.460 e. The molecule has 34 heavy (non-hydrogen) atoms. The number of methoxy groups -OCH3 is 1. The van der Waals surface area contributed by atoms with E-state index in [-0.39, 0.29) is 38.7 Å². The molecule has 178 valence electrons. The Morgan fingerprint density at radius 1 is 1.41 bits per heavy atom. The van der Waals surface area contributed by atoms with E-state index < -0.39 is 29.2 Å². The van der Waals surface area contributed by atoms with Gasteiger partial charge < -0.3 is 20.5 Å². The Balaban J connectivity index is 1.60. The molecule has 8 nitrogen and oxygen atoms in total. The second kappa shape index (κ2) is 8.85. The third kappa shape index (κ3) is 4.31. The molecule has 3 N–H and O–H groups in total. The van der Waals surface area contributed by atoms with E-state index in [4.69, 9.17) is 21.6 Å². The van der Waals surface area contributed by atoms with Gasteiger partial charge in [-0.2, -0.15) is 0 Å². The van der Waals surface area contributed by atoms with E-state index in [2.05, 4.69) is 26.2 Å². The summed E-state index contributed by atoms with van der Waals surface area (Å²) >= 11 is 1.39. The highest BCUT2D eigenvalue weighted by Gasteiger charge is 2.66. The van der Waals surface area contributed by atoms with Gasteiger partial charge in [0, 0.05) is 30.3 Å². The number of aromatic nitrogens is 2. The van der Waals surface area contributed by atoms with Gasteiger partial charge >= 0.3 is 0 Å². The minimum Gasteiger partial charge on any atom is -0.460 e. The van der Waals surface area contributed by atoms with Crippen molar-refractivity contribution in [1.82, 2.24) is 9.97 Å². The zero-order valence-corrected chi connectivity index (χ0v) is 19.6. The van der Waals surface area contributed by atoms with E-state index in [1.165, 1.54) is 30.2 Å². The molecule has 1 fully saturated rings. The molecule has 11 heteroatoms. The van der Waals surface area contributed by atoms with E-state index in [9.17, 15) is 13.6 Å². The van der Waals surface area contributed by atoms with Crippen LogP contribution in [0.4, 0.5) is 14.5 Å². The number of terminal acetylenes is 1. The van der Waals surface area contributed by atoms with Crippen molar-refractivity contribution in [2.75, 3.05) is 19.0 Å². The Bertz CT molecular complexity index is 1200. The lowest BCUT2D eigenvalue weighted by molar-refractivity contribution is 0.102. The Morgan fingerprint density at radius 3 is 2.82 bits per heavy atom. The third-order valence-electron chi connectivity index (χ3n) is 5.97. The summed E-state index contributed by atoms with van der Waals surface area (Å²) in [5.74, 6) is -0.380. The number of amidine groups is 1. The van der Waals surface area contributed by atoms with Gasteiger partial charge in [0.1, 0.15) is 5.69 Å². The van der Waals surface area contributed by atoms with Gasteiger partial charge in [-0.25, -0.2) is 18.7 Å².